The van der Waals surface area contributed by atoms with Gasteiger partial charge >= 0.3 is 0 Å². The molecule has 126 valence electrons. The molecule has 5 nitrogen and oxygen atoms in total. The molecule has 0 aromatic heterocycles. The second-order valence-corrected chi connectivity index (χ2v) is 8.18. The standard InChI is InChI=1S/C16H30N4OS/c1-3-17-15(18-10-16(21)6-7-22-11-16)19-13-8-12(2)20(9-13)14-4-5-14/h12-14,21H,3-11H2,1-2H3,(H2,17,18,19). The average molecular weight is 327 g/mol. The van der Waals surface area contributed by atoms with Crippen LogP contribution in [0.5, 0.6) is 0 Å². The Morgan fingerprint density at radius 1 is 1.45 bits per heavy atom. The number of nitrogens with one attached hydrogen (secondary N) is 2. The van der Waals surface area contributed by atoms with Gasteiger partial charge in [0.25, 0.3) is 0 Å². The first-order chi connectivity index (χ1) is 10.6. The molecule has 3 N–H and O–H groups in total. The molecule has 3 fully saturated rings. The van der Waals surface area contributed by atoms with Crippen molar-refractivity contribution >= 4 is 17.7 Å². The van der Waals surface area contributed by atoms with Crippen LogP contribution in [0.3, 0.4) is 0 Å². The molecular weight excluding hydrogens is 296 g/mol. The Hall–Kier alpha value is -0.460. The fourth-order valence-corrected chi connectivity index (χ4v) is 4.82. The van der Waals surface area contributed by atoms with E-state index in [1.165, 1.54) is 19.3 Å². The van der Waals surface area contributed by atoms with E-state index in [0.29, 0.717) is 18.6 Å². The number of nitrogens with zero attached hydrogens (tertiary/aromatic N) is 2. The highest BCUT2D eigenvalue weighted by Gasteiger charge is 2.39. The fourth-order valence-electron chi connectivity index (χ4n) is 3.54. The van der Waals surface area contributed by atoms with E-state index >= 15 is 0 Å². The van der Waals surface area contributed by atoms with E-state index in [-0.39, 0.29) is 0 Å². The number of likely N-dealkylation sites (tertiary alicyclic amines) is 1. The topological polar surface area (TPSA) is 59.9 Å². The Morgan fingerprint density at radius 3 is 2.91 bits per heavy atom. The van der Waals surface area contributed by atoms with Crippen LogP contribution < -0.4 is 10.6 Å². The molecule has 0 amide bonds. The van der Waals surface area contributed by atoms with Crippen molar-refractivity contribution in [1.82, 2.24) is 15.5 Å². The maximum Gasteiger partial charge on any atom is 0.191 e. The first kappa shape index (κ1) is 16.4. The fraction of sp³-hybridized carbons (Fsp3) is 0.938. The molecule has 2 saturated heterocycles. The summed E-state index contributed by atoms with van der Waals surface area (Å²) in [6, 6.07) is 1.97. The molecule has 0 radical (unpaired) electrons. The molecule has 1 saturated carbocycles. The van der Waals surface area contributed by atoms with Crippen LogP contribution in [0.2, 0.25) is 0 Å². The van der Waals surface area contributed by atoms with Crippen LogP contribution in [0, 0.1) is 0 Å². The SMILES string of the molecule is CCNC(=NCC1(O)CCSC1)NC1CC(C)N(C2CC2)C1. The Kier molecular flexibility index (Phi) is 5.20. The summed E-state index contributed by atoms with van der Waals surface area (Å²) >= 11 is 1.82. The van der Waals surface area contributed by atoms with E-state index in [1.807, 2.05) is 11.8 Å². The van der Waals surface area contributed by atoms with Gasteiger partial charge in [0, 0.05) is 37.0 Å². The van der Waals surface area contributed by atoms with Gasteiger partial charge in [0.15, 0.2) is 5.96 Å². The molecule has 2 aliphatic heterocycles. The predicted molar refractivity (Wildman–Crippen MR) is 93.6 cm³/mol. The molecule has 2 heterocycles. The number of hydrogen-bond acceptors (Lipinski definition) is 4. The minimum atomic E-state index is -0.601. The molecule has 0 aromatic rings. The van der Waals surface area contributed by atoms with Gasteiger partial charge in [-0.3, -0.25) is 9.89 Å². The second-order valence-electron chi connectivity index (χ2n) is 7.08. The quantitative estimate of drug-likeness (QED) is 0.520. The molecule has 3 aliphatic rings. The zero-order valence-corrected chi connectivity index (χ0v) is 14.7. The smallest absolute Gasteiger partial charge is 0.191 e. The Bertz CT molecular complexity index is 407. The van der Waals surface area contributed by atoms with E-state index in [1.54, 1.807) is 0 Å². The van der Waals surface area contributed by atoms with Crippen molar-refractivity contribution in [2.45, 2.75) is 63.3 Å². The largest absolute Gasteiger partial charge is 0.387 e. The third-order valence-electron chi connectivity index (χ3n) is 4.94. The highest BCUT2D eigenvalue weighted by atomic mass is 32.2. The molecule has 0 aromatic carbocycles. The van der Waals surface area contributed by atoms with Crippen LogP contribution in [0.4, 0.5) is 0 Å². The van der Waals surface area contributed by atoms with Crippen LogP contribution in [-0.4, -0.2) is 70.8 Å². The average Bonchev–Trinajstić information content (AvgIpc) is 3.14. The summed E-state index contributed by atoms with van der Waals surface area (Å²) in [5.74, 6) is 2.72. The summed E-state index contributed by atoms with van der Waals surface area (Å²) in [6.45, 7) is 6.90. The van der Waals surface area contributed by atoms with Gasteiger partial charge in [0.05, 0.1) is 12.1 Å². The zero-order valence-electron chi connectivity index (χ0n) is 13.8. The lowest BCUT2D eigenvalue weighted by Gasteiger charge is -2.22. The van der Waals surface area contributed by atoms with Crippen molar-refractivity contribution in [2.24, 2.45) is 4.99 Å². The molecule has 1 aliphatic carbocycles. The zero-order chi connectivity index (χ0) is 15.6. The number of guanidine groups is 1. The lowest BCUT2D eigenvalue weighted by molar-refractivity contribution is 0.0778. The summed E-state index contributed by atoms with van der Waals surface area (Å²) in [6.07, 6.45) is 4.78. The number of thioether (sulfide) groups is 1. The van der Waals surface area contributed by atoms with E-state index in [2.05, 4.69) is 34.4 Å². The summed E-state index contributed by atoms with van der Waals surface area (Å²) < 4.78 is 0. The highest BCUT2D eigenvalue weighted by Crippen LogP contribution is 2.33. The van der Waals surface area contributed by atoms with Gasteiger partial charge < -0.3 is 15.7 Å². The minimum absolute atomic E-state index is 0.473. The molecule has 3 atom stereocenters. The van der Waals surface area contributed by atoms with Gasteiger partial charge in [0.1, 0.15) is 0 Å². The summed E-state index contributed by atoms with van der Waals surface area (Å²) in [4.78, 5) is 7.30. The molecule has 0 spiro atoms. The van der Waals surface area contributed by atoms with Gasteiger partial charge in [-0.25, -0.2) is 0 Å². The Labute approximate surface area is 138 Å². The predicted octanol–water partition coefficient (Wildman–Crippen LogP) is 1.03. The summed E-state index contributed by atoms with van der Waals surface area (Å²) in [5, 5.41) is 17.4. The maximum atomic E-state index is 10.4. The highest BCUT2D eigenvalue weighted by molar-refractivity contribution is 7.99. The number of hydrogen-bond donors (Lipinski definition) is 3. The molecule has 0 bridgehead atoms. The lowest BCUT2D eigenvalue weighted by atomic mass is 10.0. The molecule has 6 heteroatoms. The van der Waals surface area contributed by atoms with Gasteiger partial charge in [-0.05, 0) is 45.3 Å². The molecule has 22 heavy (non-hydrogen) atoms. The minimum Gasteiger partial charge on any atom is -0.387 e. The first-order valence-corrected chi connectivity index (χ1v) is 9.86. The second kappa shape index (κ2) is 6.97. The first-order valence-electron chi connectivity index (χ1n) is 8.70. The van der Waals surface area contributed by atoms with Gasteiger partial charge in [-0.2, -0.15) is 11.8 Å². The van der Waals surface area contributed by atoms with Gasteiger partial charge in [0.2, 0.25) is 0 Å². The van der Waals surface area contributed by atoms with E-state index < -0.39 is 5.60 Å². The normalized spacial score (nSPS) is 36.8. The lowest BCUT2D eigenvalue weighted by Crippen LogP contribution is -2.46. The molecular formula is C16H30N4OS. The summed E-state index contributed by atoms with van der Waals surface area (Å²) in [7, 11) is 0. The van der Waals surface area contributed by atoms with Crippen LogP contribution in [0.25, 0.3) is 0 Å². The maximum absolute atomic E-state index is 10.4. The van der Waals surface area contributed by atoms with Crippen molar-refractivity contribution in [1.29, 1.82) is 0 Å². The third kappa shape index (κ3) is 4.09. The Balaban J connectivity index is 1.54. The van der Waals surface area contributed by atoms with E-state index in [9.17, 15) is 5.11 Å². The Morgan fingerprint density at radius 2 is 2.27 bits per heavy atom. The monoisotopic (exact) mass is 326 g/mol. The van der Waals surface area contributed by atoms with Crippen molar-refractivity contribution in [3.8, 4) is 0 Å². The van der Waals surface area contributed by atoms with Crippen LogP contribution >= 0.6 is 11.8 Å². The van der Waals surface area contributed by atoms with Crippen molar-refractivity contribution in [3.05, 3.63) is 0 Å². The molecule has 3 rings (SSSR count). The number of rotatable bonds is 5. The van der Waals surface area contributed by atoms with Crippen molar-refractivity contribution < 1.29 is 5.11 Å². The molecule has 3 unspecified atom stereocenters. The van der Waals surface area contributed by atoms with Crippen LogP contribution in [0.1, 0.15) is 39.5 Å². The summed E-state index contributed by atoms with van der Waals surface area (Å²) in [5.41, 5.74) is -0.601. The van der Waals surface area contributed by atoms with Gasteiger partial charge in [-0.1, -0.05) is 0 Å². The van der Waals surface area contributed by atoms with E-state index in [4.69, 9.17) is 0 Å². The number of aliphatic hydroxyl groups is 1. The van der Waals surface area contributed by atoms with E-state index in [0.717, 1.165) is 43.0 Å². The van der Waals surface area contributed by atoms with Crippen LogP contribution in [-0.2, 0) is 0 Å². The van der Waals surface area contributed by atoms with Crippen molar-refractivity contribution in [3.63, 3.8) is 0 Å². The number of aliphatic imine (C=N–C) groups is 1. The van der Waals surface area contributed by atoms with Crippen molar-refractivity contribution in [2.75, 3.05) is 31.1 Å². The van der Waals surface area contributed by atoms with Gasteiger partial charge in [-0.15, -0.1) is 0 Å². The third-order valence-corrected chi connectivity index (χ3v) is 6.17. The van der Waals surface area contributed by atoms with Crippen LogP contribution in [0.15, 0.2) is 4.99 Å².